The summed E-state index contributed by atoms with van der Waals surface area (Å²) in [6, 6.07) is -0.855. The van der Waals surface area contributed by atoms with Crippen LogP contribution in [0.1, 0.15) is 0 Å². The lowest BCUT2D eigenvalue weighted by Crippen LogP contribution is -2.51. The Balaban J connectivity index is 2.05. The van der Waals surface area contributed by atoms with Gasteiger partial charge in [0.15, 0.2) is 0 Å². The summed E-state index contributed by atoms with van der Waals surface area (Å²) < 4.78 is 1.14. The van der Waals surface area contributed by atoms with Crippen molar-refractivity contribution in [1.29, 1.82) is 0 Å². The van der Waals surface area contributed by atoms with Crippen LogP contribution in [0.25, 0.3) is 0 Å². The Bertz CT molecular complexity index is 546. The van der Waals surface area contributed by atoms with Crippen molar-refractivity contribution in [2.75, 3.05) is 18.1 Å². The molecule has 9 nitrogen and oxygen atoms in total. The lowest BCUT2D eigenvalue weighted by molar-refractivity contribution is -0.385. The maximum absolute atomic E-state index is 12.1. The van der Waals surface area contributed by atoms with Gasteiger partial charge in [-0.25, -0.2) is 4.79 Å². The summed E-state index contributed by atoms with van der Waals surface area (Å²) in [4.78, 5) is 34.4. The van der Waals surface area contributed by atoms with Gasteiger partial charge in [-0.2, -0.15) is 16.9 Å². The molecule has 2 heterocycles. The zero-order valence-corrected chi connectivity index (χ0v) is 11.2. The van der Waals surface area contributed by atoms with Crippen LogP contribution in [-0.4, -0.2) is 60.7 Å². The highest BCUT2D eigenvalue weighted by Gasteiger charge is 2.32. The molecule has 1 saturated heterocycles. The number of amides is 1. The first-order valence-corrected chi connectivity index (χ1v) is 6.91. The Hall–Kier alpha value is -2.10. The molecular formula is C10H12N4O5S. The van der Waals surface area contributed by atoms with E-state index in [1.807, 2.05) is 0 Å². The quantitative estimate of drug-likeness (QED) is 0.605. The van der Waals surface area contributed by atoms with Gasteiger partial charge in [0.2, 0.25) is 5.91 Å². The number of nitrogens with zero attached hydrogens (tertiary/aromatic N) is 4. The number of carbonyl (C=O) groups excluding carboxylic acids is 1. The van der Waals surface area contributed by atoms with Gasteiger partial charge < -0.3 is 10.0 Å². The molecule has 1 atom stereocenters. The third-order valence-electron chi connectivity index (χ3n) is 2.86. The maximum Gasteiger partial charge on any atom is 0.327 e. The molecule has 20 heavy (non-hydrogen) atoms. The van der Waals surface area contributed by atoms with Crippen molar-refractivity contribution in [3.05, 3.63) is 22.5 Å². The fourth-order valence-corrected chi connectivity index (χ4v) is 2.91. The van der Waals surface area contributed by atoms with Crippen molar-refractivity contribution in [2.45, 2.75) is 12.6 Å². The number of rotatable bonds is 4. The summed E-state index contributed by atoms with van der Waals surface area (Å²) in [5.41, 5.74) is -0.207. The molecule has 0 aromatic carbocycles. The minimum absolute atomic E-state index is 0.206. The fourth-order valence-electron chi connectivity index (χ4n) is 1.87. The van der Waals surface area contributed by atoms with Crippen molar-refractivity contribution < 1.29 is 19.6 Å². The van der Waals surface area contributed by atoms with Gasteiger partial charge in [0.25, 0.3) is 0 Å². The topological polar surface area (TPSA) is 119 Å². The summed E-state index contributed by atoms with van der Waals surface area (Å²) in [6.07, 6.45) is 2.19. The Morgan fingerprint density at radius 2 is 2.35 bits per heavy atom. The van der Waals surface area contributed by atoms with Crippen molar-refractivity contribution in [2.24, 2.45) is 0 Å². The minimum atomic E-state index is -1.04. The summed E-state index contributed by atoms with van der Waals surface area (Å²) in [7, 11) is 0. The van der Waals surface area contributed by atoms with Crippen molar-refractivity contribution in [3.8, 4) is 0 Å². The third kappa shape index (κ3) is 3.07. The number of thioether (sulfide) groups is 1. The van der Waals surface area contributed by atoms with E-state index in [1.165, 1.54) is 16.7 Å². The molecule has 1 aliphatic heterocycles. The normalized spacial score (nSPS) is 18.8. The number of carboxylic acid groups (broad SMARTS) is 1. The maximum atomic E-state index is 12.1. The van der Waals surface area contributed by atoms with E-state index in [4.69, 9.17) is 5.11 Å². The second-order valence-electron chi connectivity index (χ2n) is 4.17. The third-order valence-corrected chi connectivity index (χ3v) is 3.88. The SMILES string of the molecule is O=C(O)C1CSCCN1C(=O)Cn1cc([N+](=O)[O-])cn1. The Morgan fingerprint density at radius 3 is 2.95 bits per heavy atom. The highest BCUT2D eigenvalue weighted by atomic mass is 32.2. The van der Waals surface area contributed by atoms with Crippen LogP contribution in [0.4, 0.5) is 5.69 Å². The van der Waals surface area contributed by atoms with Crippen molar-refractivity contribution >= 4 is 29.3 Å². The first kappa shape index (κ1) is 14.3. The van der Waals surface area contributed by atoms with Gasteiger partial charge in [-0.3, -0.25) is 19.6 Å². The molecule has 0 bridgehead atoms. The van der Waals surface area contributed by atoms with E-state index in [9.17, 15) is 19.7 Å². The van der Waals surface area contributed by atoms with Crippen molar-refractivity contribution in [3.63, 3.8) is 0 Å². The average Bonchev–Trinajstić information content (AvgIpc) is 2.87. The molecule has 1 N–H and O–H groups in total. The van der Waals surface area contributed by atoms with Crippen molar-refractivity contribution in [1.82, 2.24) is 14.7 Å². The van der Waals surface area contributed by atoms with Gasteiger partial charge in [0.1, 0.15) is 25.0 Å². The van der Waals surface area contributed by atoms with E-state index in [0.717, 1.165) is 17.1 Å². The monoisotopic (exact) mass is 300 g/mol. The lowest BCUT2D eigenvalue weighted by atomic mass is 10.2. The molecule has 1 aromatic rings. The molecule has 0 spiro atoms. The lowest BCUT2D eigenvalue weighted by Gasteiger charge is -2.32. The van der Waals surface area contributed by atoms with E-state index in [2.05, 4.69) is 5.10 Å². The largest absolute Gasteiger partial charge is 0.480 e. The van der Waals surface area contributed by atoms with Gasteiger partial charge in [0.05, 0.1) is 4.92 Å². The number of aromatic nitrogens is 2. The van der Waals surface area contributed by atoms with Crippen LogP contribution < -0.4 is 0 Å². The Labute approximate surface area is 117 Å². The number of aliphatic carboxylic acids is 1. The first-order valence-electron chi connectivity index (χ1n) is 5.76. The molecule has 1 unspecified atom stereocenters. The highest BCUT2D eigenvalue weighted by Crippen LogP contribution is 2.17. The number of hydrogen-bond donors (Lipinski definition) is 1. The molecule has 1 aliphatic rings. The molecule has 1 amide bonds. The second kappa shape index (κ2) is 5.90. The molecule has 0 saturated carbocycles. The van der Waals surface area contributed by atoms with E-state index < -0.39 is 22.8 Å². The number of hydrogen-bond acceptors (Lipinski definition) is 6. The molecule has 0 aliphatic carbocycles. The molecule has 2 rings (SSSR count). The standard InChI is InChI=1S/C10H12N4O5S/c15-9(5-12-4-7(3-11-12)14(18)19)13-1-2-20-6-8(13)10(16)17/h3-4,8H,1-2,5-6H2,(H,16,17). The van der Waals surface area contributed by atoms with Gasteiger partial charge in [-0.05, 0) is 0 Å². The summed E-state index contributed by atoms with van der Waals surface area (Å²) >= 11 is 1.48. The predicted octanol–water partition coefficient (Wildman–Crippen LogP) is -0.180. The smallest absolute Gasteiger partial charge is 0.327 e. The van der Waals surface area contributed by atoms with Gasteiger partial charge >= 0.3 is 11.7 Å². The molecule has 108 valence electrons. The van der Waals surface area contributed by atoms with E-state index in [-0.39, 0.29) is 12.2 Å². The molecular weight excluding hydrogens is 288 g/mol. The highest BCUT2D eigenvalue weighted by molar-refractivity contribution is 7.99. The zero-order chi connectivity index (χ0) is 14.7. The minimum Gasteiger partial charge on any atom is -0.480 e. The molecule has 10 heteroatoms. The van der Waals surface area contributed by atoms with Crippen LogP contribution in [-0.2, 0) is 16.1 Å². The van der Waals surface area contributed by atoms with Gasteiger partial charge in [-0.15, -0.1) is 0 Å². The average molecular weight is 300 g/mol. The number of nitro groups is 1. The van der Waals surface area contributed by atoms with Crippen LogP contribution in [0.5, 0.6) is 0 Å². The Morgan fingerprint density at radius 1 is 1.60 bits per heavy atom. The van der Waals surface area contributed by atoms with E-state index >= 15 is 0 Å². The molecule has 1 fully saturated rings. The first-order chi connectivity index (χ1) is 9.49. The van der Waals surface area contributed by atoms with E-state index in [1.54, 1.807) is 0 Å². The van der Waals surface area contributed by atoms with Gasteiger partial charge in [-0.1, -0.05) is 0 Å². The van der Waals surface area contributed by atoms with E-state index in [0.29, 0.717) is 18.1 Å². The number of carbonyl (C=O) groups is 2. The Kier molecular flexibility index (Phi) is 4.23. The summed E-state index contributed by atoms with van der Waals surface area (Å²) in [5, 5.41) is 23.3. The predicted molar refractivity (Wildman–Crippen MR) is 69.3 cm³/mol. The molecule has 0 radical (unpaired) electrons. The summed E-state index contributed by atoms with van der Waals surface area (Å²) in [6.45, 7) is 0.145. The molecule has 1 aromatic heterocycles. The van der Waals surface area contributed by atoms with Gasteiger partial charge in [0, 0.05) is 18.1 Å². The van der Waals surface area contributed by atoms with Crippen LogP contribution in [0.2, 0.25) is 0 Å². The number of carboxylic acids is 1. The zero-order valence-electron chi connectivity index (χ0n) is 10.3. The van der Waals surface area contributed by atoms with Crippen LogP contribution in [0.15, 0.2) is 12.4 Å². The fraction of sp³-hybridized carbons (Fsp3) is 0.500. The van der Waals surface area contributed by atoms with Crippen LogP contribution in [0.3, 0.4) is 0 Å². The second-order valence-corrected chi connectivity index (χ2v) is 5.32. The summed E-state index contributed by atoms with van der Waals surface area (Å²) in [5.74, 6) is -0.428. The van der Waals surface area contributed by atoms with Crippen LogP contribution in [0, 0.1) is 10.1 Å². The van der Waals surface area contributed by atoms with Crippen LogP contribution >= 0.6 is 11.8 Å².